The molecule has 768 valence electrons. The van der Waals surface area contributed by atoms with Crippen molar-refractivity contribution in [3.05, 3.63) is 324 Å². The number of aromatic nitrogens is 3. The van der Waals surface area contributed by atoms with Crippen molar-refractivity contribution in [2.75, 3.05) is 11.0 Å². The summed E-state index contributed by atoms with van der Waals surface area (Å²) in [6.45, 7) is 49.6. The monoisotopic (exact) mass is 2460 g/mol. The van der Waals surface area contributed by atoms with E-state index in [0.29, 0.717) is 43.0 Å². The minimum absolute atomic E-state index is 0.0544. The Kier molecular flexibility index (Phi) is 53.9. The van der Waals surface area contributed by atoms with E-state index >= 15 is 0 Å². The molecule has 0 aliphatic carbocycles. The molecule has 0 spiro atoms. The fraction of sp³-hybridized carbons (Fsp3) is 0.448. The second-order valence-corrected chi connectivity index (χ2v) is 86.6. The molecular weight excluding hydrogens is 2280 g/mol. The maximum absolute atomic E-state index is 14.5. The van der Waals surface area contributed by atoms with Crippen molar-refractivity contribution in [1.29, 1.82) is 0 Å². The van der Waals surface area contributed by atoms with Crippen LogP contribution in [0.25, 0.3) is 51.6 Å². The van der Waals surface area contributed by atoms with Gasteiger partial charge < -0.3 is 9.47 Å². The number of hydrogen-bond acceptors (Lipinski definition) is 8. The average Bonchev–Trinajstić information content (AvgIpc) is 0.804. The fourth-order valence-electron chi connectivity index (χ4n) is 17.6. The van der Waals surface area contributed by atoms with Gasteiger partial charge in [0.25, 0.3) is 0 Å². The van der Waals surface area contributed by atoms with Crippen LogP contribution in [0.3, 0.4) is 0 Å². The van der Waals surface area contributed by atoms with Gasteiger partial charge in [0, 0.05) is 36.9 Å². The molecule has 3 aromatic heterocycles. The summed E-state index contributed by atoms with van der Waals surface area (Å²) in [5, 5.41) is 0. The van der Waals surface area contributed by atoms with Crippen molar-refractivity contribution in [2.45, 2.75) is 342 Å². The predicted molar refractivity (Wildman–Crippen MR) is 632 cm³/mol. The number of benzene rings is 8. The van der Waals surface area contributed by atoms with Gasteiger partial charge in [0.15, 0.2) is 0 Å². The van der Waals surface area contributed by atoms with Gasteiger partial charge in [-0.25, -0.2) is 22.8 Å². The SMILES string of the molecule is CC(C)(C)c1cc(/C=C/c2ccc(NS(C)(=O)=O)c(F)c2)cc(-c2cccnc2OCc2ccccc2)c1.CC(C)(C)c1cc(Br)cc(-c2cccnc2OCc2ccccc2)c1.CC(C)(C)c1cc(Br)cc(Br)c1.CCC[CH2][Sn](/[CH]=C/c1cc(-c2cccnc2OCc2ccccc2)cc(C(C)(C)C)c1)([CH2]CCC)[CH2]CCC.CCC[CH2][Sn](/[CH]=[CH]\[Sn]([CH2]CCC)([CH2]CCC)[CH2]CCC)([CH2]CCC)[CH2]CCC. The Morgan fingerprint density at radius 1 is 0.317 bits per heavy atom. The molecular formula is C125H172Br3FN4O5SSn3. The first-order chi connectivity index (χ1) is 67.7. The first-order valence-electron chi connectivity index (χ1n) is 53.0. The summed E-state index contributed by atoms with van der Waals surface area (Å²) in [7, 11) is -3.56. The van der Waals surface area contributed by atoms with Gasteiger partial charge in [-0.15, -0.1) is 0 Å². The van der Waals surface area contributed by atoms with Gasteiger partial charge in [-0.3, -0.25) is 4.72 Å². The zero-order valence-corrected chi connectivity index (χ0v) is 105. The van der Waals surface area contributed by atoms with Crippen molar-refractivity contribution < 1.29 is 27.0 Å². The van der Waals surface area contributed by atoms with Crippen LogP contribution in [0.2, 0.25) is 39.9 Å². The van der Waals surface area contributed by atoms with E-state index in [1.54, 1.807) is 51.2 Å². The summed E-state index contributed by atoms with van der Waals surface area (Å²) in [5.41, 5.74) is 17.7. The van der Waals surface area contributed by atoms with E-state index in [2.05, 4.69) is 346 Å². The molecule has 9 nitrogen and oxygen atoms in total. The van der Waals surface area contributed by atoms with Gasteiger partial charge in [-0.2, -0.15) is 0 Å². The van der Waals surface area contributed by atoms with Crippen molar-refractivity contribution in [3.8, 4) is 51.0 Å². The van der Waals surface area contributed by atoms with Crippen LogP contribution in [0.15, 0.2) is 263 Å². The quantitative estimate of drug-likeness (QED) is 0.0296. The first kappa shape index (κ1) is 122. The third-order valence-corrected chi connectivity index (χ3v) is 73.3. The van der Waals surface area contributed by atoms with E-state index in [9.17, 15) is 12.8 Å². The summed E-state index contributed by atoms with van der Waals surface area (Å²) < 4.78 is 84.6. The zero-order valence-electron chi connectivity index (χ0n) is 90.5. The van der Waals surface area contributed by atoms with Gasteiger partial charge in [-0.05, 0) is 139 Å². The molecule has 8 aromatic carbocycles. The number of rotatable bonds is 47. The molecule has 0 bridgehead atoms. The predicted octanol–water partition coefficient (Wildman–Crippen LogP) is 39.5. The summed E-state index contributed by atoms with van der Waals surface area (Å²) in [6.07, 6.45) is 38.1. The number of sulfonamides is 1. The van der Waals surface area contributed by atoms with Crippen LogP contribution >= 0.6 is 47.8 Å². The van der Waals surface area contributed by atoms with Gasteiger partial charge >= 0.3 is 428 Å². The molecule has 11 aromatic rings. The standard InChI is InChI=1S/C31H31FN2O3S.C24H24NO.C22H22BrNO.C10H12Br2.9C4H9.C2H2.3Sn/c1-31(2,3)26-18-24(13-12-22-14-15-29(28(32)19-22)34-38(4,35)36)17-25(20-26)27-11-8-16-33-30(27)37-21-23-9-6-5-7-10-23;1-5-18-14-20(16-21(15-18)24(2,3)4)22-12-9-13-25-23(22)26-17-19-10-7-6-8-11-19;1-22(2,3)18-12-17(13-19(23)14-18)20-10-7-11-24-21(20)25-15-16-8-5-4-6-9-16;1-10(2,3)7-4-8(11)6-9(12)5-7;9*1-3-4-2;1-2;;;/h5-20,34H,21H2,1-4H3;1,5-16H,17H2,2-4H3;4-14H,15H2,1-3H3;4-6H,1-3H3;9*1,3-4H2,2H3;1-2H;;;/b13-12+;;;;;;;;;;;;;;;;. The number of ether oxygens (including phenoxy) is 3. The summed E-state index contributed by atoms with van der Waals surface area (Å²) >= 11 is 4.00. The van der Waals surface area contributed by atoms with Crippen LogP contribution in [0.4, 0.5) is 10.1 Å². The van der Waals surface area contributed by atoms with Crippen LogP contribution in [0.1, 0.15) is 317 Å². The second-order valence-electron chi connectivity index (χ2n) is 43.1. The molecule has 3 heterocycles. The Morgan fingerprint density at radius 2 is 0.592 bits per heavy atom. The third kappa shape index (κ3) is 44.0. The normalized spacial score (nSPS) is 12.1. The number of hydrogen-bond donors (Lipinski definition) is 1. The molecule has 17 heteroatoms. The van der Waals surface area contributed by atoms with E-state index in [0.717, 1.165) is 75.3 Å². The molecule has 0 saturated carbocycles. The summed E-state index contributed by atoms with van der Waals surface area (Å²) in [4.78, 5) is 13.6. The molecule has 0 atom stereocenters. The average molecular weight is 2460 g/mol. The van der Waals surface area contributed by atoms with Crippen LogP contribution in [-0.4, -0.2) is 84.8 Å². The van der Waals surface area contributed by atoms with Crippen molar-refractivity contribution in [1.82, 2.24) is 15.0 Å². The molecule has 0 saturated heterocycles. The van der Waals surface area contributed by atoms with Crippen LogP contribution < -0.4 is 18.9 Å². The summed E-state index contributed by atoms with van der Waals surface area (Å²) in [6, 6.07) is 73.1. The van der Waals surface area contributed by atoms with Gasteiger partial charge in [-0.1, -0.05) is 213 Å². The molecule has 0 unspecified atom stereocenters. The van der Waals surface area contributed by atoms with Gasteiger partial charge in [0.05, 0.1) is 11.9 Å². The molecule has 0 amide bonds. The molecule has 0 fully saturated rings. The molecule has 142 heavy (non-hydrogen) atoms. The molecule has 0 aliphatic heterocycles. The van der Waals surface area contributed by atoms with E-state index in [1.165, 1.54) is 169 Å². The Bertz CT molecular complexity index is 5630. The van der Waals surface area contributed by atoms with Crippen LogP contribution in [0.5, 0.6) is 17.6 Å². The van der Waals surface area contributed by atoms with Crippen LogP contribution in [-0.2, 0) is 51.5 Å². The number of anilines is 1. The fourth-order valence-corrected chi connectivity index (χ4v) is 74.9. The molecule has 11 rings (SSSR count). The zero-order chi connectivity index (χ0) is 104. The van der Waals surface area contributed by atoms with E-state index in [-0.39, 0.29) is 27.3 Å². The van der Waals surface area contributed by atoms with Crippen molar-refractivity contribution in [2.24, 2.45) is 0 Å². The number of halogens is 4. The van der Waals surface area contributed by atoms with Crippen molar-refractivity contribution >= 4 is 137 Å². The van der Waals surface area contributed by atoms with Crippen molar-refractivity contribution in [3.63, 3.8) is 0 Å². The molecule has 0 radical (unpaired) electrons. The van der Waals surface area contributed by atoms with Gasteiger partial charge in [0.2, 0.25) is 21.8 Å². The molecule has 0 aliphatic rings. The Balaban J connectivity index is 0.000000250. The maximum atomic E-state index is 14.5. The topological polar surface area (TPSA) is 113 Å². The number of nitrogens with one attached hydrogen (secondary N) is 1. The minimum atomic E-state index is -3.56. The first-order valence-corrected chi connectivity index (χ1v) is 80.4. The van der Waals surface area contributed by atoms with Gasteiger partial charge in [0.1, 0.15) is 19.0 Å². The van der Waals surface area contributed by atoms with E-state index in [4.69, 9.17) is 14.2 Å². The Hall–Kier alpha value is -6.65. The van der Waals surface area contributed by atoms with E-state index < -0.39 is 71.0 Å². The number of pyridine rings is 3. The molecule has 1 N–H and O–H groups in total. The van der Waals surface area contributed by atoms with E-state index in [1.807, 2.05) is 97.2 Å². The Morgan fingerprint density at radius 3 is 0.887 bits per heavy atom. The van der Waals surface area contributed by atoms with Crippen LogP contribution in [0, 0.1) is 5.82 Å². The summed E-state index contributed by atoms with van der Waals surface area (Å²) in [5.74, 6) is 1.26. The third-order valence-electron chi connectivity index (χ3n) is 26.5. The number of unbranched alkanes of at least 4 members (excludes halogenated alkanes) is 9. The second kappa shape index (κ2) is 62.6. The number of nitrogens with zero attached hydrogens (tertiary/aromatic N) is 3. The Labute approximate surface area is 898 Å².